The first-order valence-corrected chi connectivity index (χ1v) is 6.94. The average Bonchev–Trinajstić information content (AvgIpc) is 2.92. The van der Waals surface area contributed by atoms with Crippen LogP contribution in [-0.4, -0.2) is 16.5 Å². The Hall–Kier alpha value is -0.370. The highest BCUT2D eigenvalue weighted by Crippen LogP contribution is 2.60. The van der Waals surface area contributed by atoms with E-state index in [2.05, 4.69) is 0 Å². The Morgan fingerprint density at radius 1 is 1.12 bits per heavy atom. The number of carbonyl (C=O) groups is 1. The van der Waals surface area contributed by atoms with Gasteiger partial charge in [-0.05, 0) is 62.7 Å². The van der Waals surface area contributed by atoms with Gasteiger partial charge < -0.3 is 5.11 Å². The molecular weight excluding hydrogens is 200 g/mol. The molecule has 4 aliphatic rings. The highest BCUT2D eigenvalue weighted by atomic mass is 16.3. The lowest BCUT2D eigenvalue weighted by Crippen LogP contribution is -2.49. The van der Waals surface area contributed by atoms with Gasteiger partial charge in [0, 0.05) is 11.8 Å². The summed E-state index contributed by atoms with van der Waals surface area (Å²) in [6.45, 7) is 0. The van der Waals surface area contributed by atoms with Crippen LogP contribution < -0.4 is 0 Å². The first-order valence-electron chi connectivity index (χ1n) is 6.94. The van der Waals surface area contributed by atoms with Crippen molar-refractivity contribution in [1.29, 1.82) is 0 Å². The SMILES string of the molecule is O=C1[C@H]2CC[C@@H](C2)[C@@H]1[C@]1(O)C[C@H]2CC[C@H]1C2. The molecule has 0 radical (unpaired) electrons. The zero-order valence-electron chi connectivity index (χ0n) is 9.69. The summed E-state index contributed by atoms with van der Waals surface area (Å²) in [5.74, 6) is 2.47. The summed E-state index contributed by atoms with van der Waals surface area (Å²) >= 11 is 0. The van der Waals surface area contributed by atoms with E-state index < -0.39 is 5.60 Å². The Morgan fingerprint density at radius 2 is 2.00 bits per heavy atom. The zero-order valence-corrected chi connectivity index (χ0v) is 9.69. The Kier molecular flexibility index (Phi) is 1.75. The minimum absolute atomic E-state index is 0.0292. The molecule has 1 N–H and O–H groups in total. The van der Waals surface area contributed by atoms with Crippen LogP contribution in [0.25, 0.3) is 0 Å². The van der Waals surface area contributed by atoms with Crippen LogP contribution in [0.15, 0.2) is 0 Å². The van der Waals surface area contributed by atoms with Crippen LogP contribution in [-0.2, 0) is 4.79 Å². The molecule has 88 valence electrons. The second-order valence-electron chi connectivity index (χ2n) is 6.72. The van der Waals surface area contributed by atoms with Crippen molar-refractivity contribution in [3.63, 3.8) is 0 Å². The monoisotopic (exact) mass is 220 g/mol. The lowest BCUT2D eigenvalue weighted by atomic mass is 9.68. The number of fused-ring (bicyclic) bond motifs is 4. The smallest absolute Gasteiger partial charge is 0.142 e. The van der Waals surface area contributed by atoms with Crippen LogP contribution in [0.4, 0.5) is 0 Å². The summed E-state index contributed by atoms with van der Waals surface area (Å²) in [6.07, 6.45) is 7.97. The predicted octanol–water partition coefficient (Wildman–Crippen LogP) is 2.15. The standard InChI is InChI=1S/C14H20O2/c15-13-10-3-2-9(6-10)12(13)14(16)7-8-1-4-11(14)5-8/h8-12,16H,1-7H2/t8-,9-,10-,11-,12-,14-/m0/s1. The molecule has 6 atom stereocenters. The Labute approximate surface area is 96.4 Å². The molecule has 4 aliphatic carbocycles. The first-order chi connectivity index (χ1) is 7.68. The summed E-state index contributed by atoms with van der Waals surface area (Å²) in [7, 11) is 0. The van der Waals surface area contributed by atoms with Gasteiger partial charge in [-0.1, -0.05) is 0 Å². The number of ketones is 1. The van der Waals surface area contributed by atoms with Gasteiger partial charge in [0.2, 0.25) is 0 Å². The Bertz CT molecular complexity index is 351. The minimum Gasteiger partial charge on any atom is -0.389 e. The van der Waals surface area contributed by atoms with Gasteiger partial charge in [-0.3, -0.25) is 4.79 Å². The van der Waals surface area contributed by atoms with Crippen LogP contribution in [0.3, 0.4) is 0 Å². The molecule has 16 heavy (non-hydrogen) atoms. The lowest BCUT2D eigenvalue weighted by molar-refractivity contribution is -0.142. The molecule has 4 rings (SSSR count). The number of hydrogen-bond donors (Lipinski definition) is 1. The lowest BCUT2D eigenvalue weighted by Gasteiger charge is -2.40. The van der Waals surface area contributed by atoms with Crippen molar-refractivity contribution in [3.8, 4) is 0 Å². The maximum absolute atomic E-state index is 12.3. The van der Waals surface area contributed by atoms with E-state index in [9.17, 15) is 9.90 Å². The summed E-state index contributed by atoms with van der Waals surface area (Å²) in [6, 6.07) is 0. The third kappa shape index (κ3) is 1.000. The Morgan fingerprint density at radius 3 is 2.56 bits per heavy atom. The second kappa shape index (κ2) is 2.90. The molecule has 0 aliphatic heterocycles. The maximum Gasteiger partial charge on any atom is 0.142 e. The number of hydrogen-bond acceptors (Lipinski definition) is 2. The van der Waals surface area contributed by atoms with Gasteiger partial charge in [0.1, 0.15) is 5.78 Å². The largest absolute Gasteiger partial charge is 0.389 e. The van der Waals surface area contributed by atoms with Crippen molar-refractivity contribution in [2.45, 2.75) is 50.5 Å². The van der Waals surface area contributed by atoms with Gasteiger partial charge in [0.15, 0.2) is 0 Å². The van der Waals surface area contributed by atoms with Crippen molar-refractivity contribution in [1.82, 2.24) is 0 Å². The van der Waals surface area contributed by atoms with Gasteiger partial charge >= 0.3 is 0 Å². The molecule has 0 aromatic heterocycles. The second-order valence-corrected chi connectivity index (χ2v) is 6.72. The fourth-order valence-electron chi connectivity index (χ4n) is 5.44. The van der Waals surface area contributed by atoms with E-state index >= 15 is 0 Å². The van der Waals surface area contributed by atoms with Crippen LogP contribution in [0.2, 0.25) is 0 Å². The van der Waals surface area contributed by atoms with Crippen LogP contribution >= 0.6 is 0 Å². The first kappa shape index (κ1) is 9.64. The fraction of sp³-hybridized carbons (Fsp3) is 0.929. The van der Waals surface area contributed by atoms with Crippen LogP contribution in [0.1, 0.15) is 44.9 Å². The molecule has 0 amide bonds. The Balaban J connectivity index is 1.68. The van der Waals surface area contributed by atoms with Gasteiger partial charge in [0.25, 0.3) is 0 Å². The number of Topliss-reactive ketones (excluding diaryl/α,β-unsaturated/α-hetero) is 1. The quantitative estimate of drug-likeness (QED) is 0.735. The molecular formula is C14H20O2. The molecule has 4 fully saturated rings. The van der Waals surface area contributed by atoms with E-state index in [-0.39, 0.29) is 5.92 Å². The van der Waals surface area contributed by atoms with Crippen molar-refractivity contribution in [3.05, 3.63) is 0 Å². The van der Waals surface area contributed by atoms with Crippen LogP contribution in [0.5, 0.6) is 0 Å². The fourth-order valence-corrected chi connectivity index (χ4v) is 5.44. The molecule has 0 spiro atoms. The minimum atomic E-state index is -0.583. The van der Waals surface area contributed by atoms with Crippen molar-refractivity contribution in [2.24, 2.45) is 29.6 Å². The van der Waals surface area contributed by atoms with Crippen molar-refractivity contribution >= 4 is 5.78 Å². The molecule has 0 aromatic rings. The maximum atomic E-state index is 12.3. The molecule has 4 saturated carbocycles. The topological polar surface area (TPSA) is 37.3 Å². The van der Waals surface area contributed by atoms with Crippen molar-refractivity contribution < 1.29 is 9.90 Å². The highest BCUT2D eigenvalue weighted by Gasteiger charge is 2.62. The third-order valence-electron chi connectivity index (χ3n) is 6.06. The van der Waals surface area contributed by atoms with E-state index in [1.807, 2.05) is 0 Å². The van der Waals surface area contributed by atoms with E-state index in [1.165, 1.54) is 25.7 Å². The third-order valence-corrected chi connectivity index (χ3v) is 6.06. The molecule has 2 nitrogen and oxygen atoms in total. The van der Waals surface area contributed by atoms with Gasteiger partial charge in [-0.25, -0.2) is 0 Å². The van der Waals surface area contributed by atoms with Crippen LogP contribution in [0, 0.1) is 29.6 Å². The molecule has 4 bridgehead atoms. The zero-order chi connectivity index (χ0) is 10.9. The molecule has 0 saturated heterocycles. The molecule has 0 unspecified atom stereocenters. The van der Waals surface area contributed by atoms with E-state index in [0.29, 0.717) is 23.5 Å². The number of carbonyl (C=O) groups excluding carboxylic acids is 1. The average molecular weight is 220 g/mol. The summed E-state index contributed by atoms with van der Waals surface area (Å²) < 4.78 is 0. The van der Waals surface area contributed by atoms with Gasteiger partial charge in [-0.2, -0.15) is 0 Å². The predicted molar refractivity (Wildman–Crippen MR) is 59.7 cm³/mol. The van der Waals surface area contributed by atoms with E-state index in [0.717, 1.165) is 25.2 Å². The summed E-state index contributed by atoms with van der Waals surface area (Å²) in [5.41, 5.74) is -0.583. The molecule has 2 heteroatoms. The summed E-state index contributed by atoms with van der Waals surface area (Å²) in [5, 5.41) is 11.0. The number of rotatable bonds is 1. The molecule has 0 heterocycles. The summed E-state index contributed by atoms with van der Waals surface area (Å²) in [4.78, 5) is 12.3. The van der Waals surface area contributed by atoms with E-state index in [1.54, 1.807) is 0 Å². The van der Waals surface area contributed by atoms with Gasteiger partial charge in [0.05, 0.1) is 5.60 Å². The van der Waals surface area contributed by atoms with Crippen molar-refractivity contribution in [2.75, 3.05) is 0 Å². The number of aliphatic hydroxyl groups is 1. The van der Waals surface area contributed by atoms with E-state index in [4.69, 9.17) is 0 Å². The normalized spacial score (nSPS) is 58.8. The highest BCUT2D eigenvalue weighted by molar-refractivity contribution is 5.88. The van der Waals surface area contributed by atoms with Gasteiger partial charge in [-0.15, -0.1) is 0 Å². The molecule has 0 aromatic carbocycles.